The first kappa shape index (κ1) is 72.2. The van der Waals surface area contributed by atoms with Gasteiger partial charge in [0.05, 0.1) is 6.10 Å². The molecule has 0 rings (SSSR count). The van der Waals surface area contributed by atoms with Crippen molar-refractivity contribution in [2.75, 3.05) is 45.8 Å². The molecular formula is C67H131N5O2. The molecule has 0 aliphatic heterocycles. The van der Waals surface area contributed by atoms with Crippen LogP contribution in [0.1, 0.15) is 291 Å². The Kier molecular flexibility index (Phi) is 56.0. The van der Waals surface area contributed by atoms with Crippen LogP contribution in [0.4, 0.5) is 0 Å². The highest BCUT2D eigenvalue weighted by Gasteiger charge is 2.22. The van der Waals surface area contributed by atoms with Crippen molar-refractivity contribution in [3.8, 4) is 0 Å². The lowest BCUT2D eigenvalue weighted by Gasteiger charge is -2.25. The number of aliphatic hydroxyl groups is 1. The van der Waals surface area contributed by atoms with Crippen molar-refractivity contribution in [3.05, 3.63) is 48.6 Å². The molecule has 0 spiro atoms. The first-order valence-electron chi connectivity index (χ1n) is 32.6. The fraction of sp³-hybridized carbons (Fsp3) is 0.866. The van der Waals surface area contributed by atoms with E-state index in [4.69, 9.17) is 17.2 Å². The molecule has 0 radical (unpaired) electrons. The van der Waals surface area contributed by atoms with Crippen molar-refractivity contribution in [1.29, 1.82) is 0 Å². The molecule has 0 heterocycles. The van der Waals surface area contributed by atoms with E-state index in [-0.39, 0.29) is 11.8 Å². The number of amides is 1. The zero-order valence-electron chi connectivity index (χ0n) is 50.4. The Morgan fingerprint density at radius 3 is 1.35 bits per heavy atom. The maximum absolute atomic E-state index is 13.4. The SMILES string of the molecule is CCCCCC=CCC=CCCCCCCCCCC(CCCCCCCCC=CCC=CCCCCC)CCC(O)CNC(=O)C(C)C(C)CCCN(CCCN)CCCCCC(CCCN)C(C)CCCN. The summed E-state index contributed by atoms with van der Waals surface area (Å²) < 4.78 is 0. The van der Waals surface area contributed by atoms with Crippen LogP contribution in [0.3, 0.4) is 0 Å². The number of rotatable bonds is 58. The summed E-state index contributed by atoms with van der Waals surface area (Å²) in [6.45, 7) is 17.2. The maximum atomic E-state index is 13.4. The van der Waals surface area contributed by atoms with Gasteiger partial charge in [-0.3, -0.25) is 4.79 Å². The molecule has 8 N–H and O–H groups in total. The van der Waals surface area contributed by atoms with E-state index in [0.29, 0.717) is 18.4 Å². The average Bonchev–Trinajstić information content (AvgIpc) is 3.40. The topological polar surface area (TPSA) is 131 Å². The van der Waals surface area contributed by atoms with Crippen LogP contribution in [0.25, 0.3) is 0 Å². The van der Waals surface area contributed by atoms with E-state index < -0.39 is 6.10 Å². The summed E-state index contributed by atoms with van der Waals surface area (Å²) in [6.07, 6.45) is 68.1. The van der Waals surface area contributed by atoms with Gasteiger partial charge < -0.3 is 32.5 Å². The number of nitrogens with one attached hydrogen (secondary N) is 1. The summed E-state index contributed by atoms with van der Waals surface area (Å²) >= 11 is 0. The Morgan fingerprint density at radius 1 is 0.432 bits per heavy atom. The van der Waals surface area contributed by atoms with Gasteiger partial charge in [0.15, 0.2) is 0 Å². The largest absolute Gasteiger partial charge is 0.391 e. The van der Waals surface area contributed by atoms with Crippen molar-refractivity contribution in [2.24, 2.45) is 46.8 Å². The number of hydrogen-bond donors (Lipinski definition) is 5. The lowest BCUT2D eigenvalue weighted by Crippen LogP contribution is -2.38. The molecule has 0 aliphatic carbocycles. The molecule has 74 heavy (non-hydrogen) atoms. The van der Waals surface area contributed by atoms with Crippen LogP contribution in [-0.4, -0.2) is 67.8 Å². The van der Waals surface area contributed by atoms with Gasteiger partial charge in [-0.25, -0.2) is 0 Å². The highest BCUT2D eigenvalue weighted by molar-refractivity contribution is 5.78. The minimum Gasteiger partial charge on any atom is -0.391 e. The van der Waals surface area contributed by atoms with Crippen LogP contribution in [-0.2, 0) is 4.79 Å². The molecule has 7 nitrogen and oxygen atoms in total. The number of unbranched alkanes of at least 4 members (excludes halogenated alkanes) is 21. The predicted octanol–water partition coefficient (Wildman–Crippen LogP) is 17.7. The van der Waals surface area contributed by atoms with Gasteiger partial charge in [-0.1, -0.05) is 212 Å². The second kappa shape index (κ2) is 57.4. The molecule has 0 fully saturated rings. The maximum Gasteiger partial charge on any atom is 0.223 e. The van der Waals surface area contributed by atoms with E-state index in [9.17, 15) is 9.90 Å². The van der Waals surface area contributed by atoms with Crippen LogP contribution in [0.15, 0.2) is 48.6 Å². The highest BCUT2D eigenvalue weighted by atomic mass is 16.3. The molecule has 6 atom stereocenters. The summed E-state index contributed by atoms with van der Waals surface area (Å²) in [5.74, 6) is 2.49. The number of nitrogens with two attached hydrogens (primary N) is 3. The van der Waals surface area contributed by atoms with E-state index in [1.54, 1.807) is 0 Å². The van der Waals surface area contributed by atoms with E-state index in [2.05, 4.69) is 93.4 Å². The molecule has 436 valence electrons. The van der Waals surface area contributed by atoms with Gasteiger partial charge in [-0.05, 0) is 191 Å². The van der Waals surface area contributed by atoms with Gasteiger partial charge in [0.2, 0.25) is 5.91 Å². The van der Waals surface area contributed by atoms with Gasteiger partial charge in [0.1, 0.15) is 0 Å². The Labute approximate surface area is 462 Å². The molecule has 1 amide bonds. The van der Waals surface area contributed by atoms with Crippen molar-refractivity contribution < 1.29 is 9.90 Å². The standard InChI is InChI=1S/C67H131N5O2/c1-6-8-10-12-14-16-18-20-22-24-26-28-30-32-34-36-39-49-64(48-38-35-33-31-29-27-25-23-21-19-17-15-13-11-9-7-2)52-53-66(73)60-71-67(74)63(5)61(3)47-44-58-72(59-45-56-70)57-41-37-40-50-65(51-43-55-69)62(4)46-42-54-68/h14-17,20-23,61-66,73H,6-13,18-19,24-60,68-70H2,1-5H3,(H,71,74). The van der Waals surface area contributed by atoms with Gasteiger partial charge in [-0.2, -0.15) is 0 Å². The van der Waals surface area contributed by atoms with Crippen LogP contribution >= 0.6 is 0 Å². The first-order chi connectivity index (χ1) is 36.2. The molecule has 0 aliphatic rings. The molecule has 0 bridgehead atoms. The minimum atomic E-state index is -0.478. The van der Waals surface area contributed by atoms with Crippen LogP contribution < -0.4 is 22.5 Å². The molecule has 7 heteroatoms. The Balaban J connectivity index is 4.77. The predicted molar refractivity (Wildman–Crippen MR) is 330 cm³/mol. The molecule has 0 saturated heterocycles. The Morgan fingerprint density at radius 2 is 0.838 bits per heavy atom. The second-order valence-corrected chi connectivity index (χ2v) is 23.3. The van der Waals surface area contributed by atoms with E-state index in [0.717, 1.165) is 109 Å². The van der Waals surface area contributed by atoms with Crippen LogP contribution in [0.2, 0.25) is 0 Å². The molecule has 0 aromatic rings. The summed E-state index contributed by atoms with van der Waals surface area (Å²) in [5.41, 5.74) is 17.6. The molecular weight excluding hydrogens is 907 g/mol. The third-order valence-corrected chi connectivity index (χ3v) is 16.4. The number of carbonyl (C=O) groups is 1. The number of allylic oxidation sites excluding steroid dienone is 8. The number of carbonyl (C=O) groups excluding carboxylic acids is 1. The fourth-order valence-electron chi connectivity index (χ4n) is 10.8. The number of aliphatic hydroxyl groups excluding tert-OH is 1. The van der Waals surface area contributed by atoms with Crippen LogP contribution in [0, 0.1) is 29.6 Å². The van der Waals surface area contributed by atoms with Gasteiger partial charge in [0, 0.05) is 12.5 Å². The lowest BCUT2D eigenvalue weighted by molar-refractivity contribution is -0.126. The Bertz CT molecular complexity index is 1270. The normalized spacial score (nSPS) is 14.8. The molecule has 6 unspecified atom stereocenters. The third kappa shape index (κ3) is 48.6. The summed E-state index contributed by atoms with van der Waals surface area (Å²) in [6, 6.07) is 0. The zero-order valence-corrected chi connectivity index (χ0v) is 50.4. The van der Waals surface area contributed by atoms with Crippen molar-refractivity contribution in [1.82, 2.24) is 10.2 Å². The van der Waals surface area contributed by atoms with E-state index in [1.807, 2.05) is 0 Å². The minimum absolute atomic E-state index is 0.0649. The zero-order chi connectivity index (χ0) is 54.2. The summed E-state index contributed by atoms with van der Waals surface area (Å²) in [7, 11) is 0. The summed E-state index contributed by atoms with van der Waals surface area (Å²) in [4.78, 5) is 16.0. The second-order valence-electron chi connectivity index (χ2n) is 23.3. The average molecular weight is 1040 g/mol. The molecule has 0 saturated carbocycles. The summed E-state index contributed by atoms with van der Waals surface area (Å²) in [5, 5.41) is 14.3. The lowest BCUT2D eigenvalue weighted by atomic mass is 9.83. The highest BCUT2D eigenvalue weighted by Crippen LogP contribution is 2.28. The smallest absolute Gasteiger partial charge is 0.223 e. The van der Waals surface area contributed by atoms with Crippen molar-refractivity contribution >= 4 is 5.91 Å². The van der Waals surface area contributed by atoms with E-state index in [1.165, 1.54) is 199 Å². The Hall–Kier alpha value is -1.77. The molecule has 0 aromatic carbocycles. The van der Waals surface area contributed by atoms with Crippen LogP contribution in [0.5, 0.6) is 0 Å². The fourth-order valence-corrected chi connectivity index (χ4v) is 10.8. The van der Waals surface area contributed by atoms with Crippen molar-refractivity contribution in [3.63, 3.8) is 0 Å². The third-order valence-electron chi connectivity index (χ3n) is 16.4. The number of nitrogens with zero attached hydrogens (tertiary/aromatic N) is 1. The first-order valence-corrected chi connectivity index (χ1v) is 32.6. The van der Waals surface area contributed by atoms with Crippen molar-refractivity contribution in [2.45, 2.75) is 298 Å². The van der Waals surface area contributed by atoms with Gasteiger partial charge in [0.25, 0.3) is 0 Å². The van der Waals surface area contributed by atoms with E-state index >= 15 is 0 Å². The van der Waals surface area contributed by atoms with Gasteiger partial charge >= 0.3 is 0 Å². The van der Waals surface area contributed by atoms with Gasteiger partial charge in [-0.15, -0.1) is 0 Å². The quantitative estimate of drug-likeness (QED) is 0.0305. The number of hydrogen-bond acceptors (Lipinski definition) is 6. The molecule has 0 aromatic heterocycles. The monoisotopic (exact) mass is 1040 g/mol.